The fraction of sp³-hybridized carbons (Fsp3) is 0.100. The number of carbonyl (C=O) groups is 1. The van der Waals surface area contributed by atoms with Crippen molar-refractivity contribution < 1.29 is 14.3 Å². The van der Waals surface area contributed by atoms with Gasteiger partial charge in [-0.25, -0.2) is 18.9 Å². The Morgan fingerprint density at radius 1 is 1.44 bits per heavy atom. The van der Waals surface area contributed by atoms with E-state index in [1.165, 1.54) is 16.8 Å². The predicted molar refractivity (Wildman–Crippen MR) is 53.0 cm³/mol. The number of aromatic carboxylic acids is 1. The average molecular weight is 221 g/mol. The second kappa shape index (κ2) is 3.73. The van der Waals surface area contributed by atoms with Crippen molar-refractivity contribution >= 4 is 5.97 Å². The van der Waals surface area contributed by atoms with Gasteiger partial charge in [0, 0.05) is 0 Å². The van der Waals surface area contributed by atoms with E-state index in [1.807, 2.05) is 0 Å². The molecular weight excluding hydrogens is 213 g/mol. The summed E-state index contributed by atoms with van der Waals surface area (Å²) in [7, 11) is 0. The summed E-state index contributed by atoms with van der Waals surface area (Å²) in [4.78, 5) is 14.4. The van der Waals surface area contributed by atoms with Crippen LogP contribution in [0.1, 0.15) is 16.4 Å². The van der Waals surface area contributed by atoms with Crippen molar-refractivity contribution in [1.29, 1.82) is 0 Å². The van der Waals surface area contributed by atoms with E-state index in [4.69, 9.17) is 5.11 Å². The number of carboxylic acids is 1. The number of benzene rings is 1. The monoisotopic (exact) mass is 221 g/mol. The molecule has 82 valence electrons. The first-order valence-electron chi connectivity index (χ1n) is 4.51. The zero-order valence-corrected chi connectivity index (χ0v) is 8.38. The number of aryl methyl sites for hydroxylation is 1. The van der Waals surface area contributed by atoms with Gasteiger partial charge < -0.3 is 5.11 Å². The number of hydrogen-bond acceptors (Lipinski definition) is 3. The van der Waals surface area contributed by atoms with Crippen LogP contribution in [-0.2, 0) is 0 Å². The Balaban J connectivity index is 2.57. The highest BCUT2D eigenvalue weighted by Gasteiger charge is 2.15. The highest BCUT2D eigenvalue weighted by atomic mass is 19.1. The molecule has 0 bridgehead atoms. The Labute approximate surface area is 90.2 Å². The molecule has 0 aliphatic rings. The maximum Gasteiger partial charge on any atom is 0.375 e. The summed E-state index contributed by atoms with van der Waals surface area (Å²) in [5, 5.41) is 12.4. The van der Waals surface area contributed by atoms with Gasteiger partial charge >= 0.3 is 5.97 Å². The van der Waals surface area contributed by atoms with Crippen LogP contribution in [0.25, 0.3) is 5.69 Å². The minimum absolute atomic E-state index is 0.181. The van der Waals surface area contributed by atoms with Crippen molar-refractivity contribution in [3.8, 4) is 5.69 Å². The van der Waals surface area contributed by atoms with E-state index in [1.54, 1.807) is 19.1 Å². The maximum atomic E-state index is 13.4. The molecular formula is C10H8FN3O2. The lowest BCUT2D eigenvalue weighted by atomic mass is 10.3. The van der Waals surface area contributed by atoms with Crippen LogP contribution in [0.4, 0.5) is 4.39 Å². The second-order valence-corrected chi connectivity index (χ2v) is 3.15. The molecule has 0 unspecified atom stereocenters. The van der Waals surface area contributed by atoms with Gasteiger partial charge in [-0.3, -0.25) is 0 Å². The van der Waals surface area contributed by atoms with Gasteiger partial charge in [-0.2, -0.15) is 0 Å². The molecule has 0 amide bonds. The Morgan fingerprint density at radius 2 is 2.12 bits per heavy atom. The van der Waals surface area contributed by atoms with Crippen LogP contribution in [0.5, 0.6) is 0 Å². The third-order valence-electron chi connectivity index (χ3n) is 2.04. The third kappa shape index (κ3) is 1.65. The van der Waals surface area contributed by atoms with Gasteiger partial charge in [-0.05, 0) is 19.1 Å². The van der Waals surface area contributed by atoms with Crippen LogP contribution in [0.3, 0.4) is 0 Å². The van der Waals surface area contributed by atoms with Crippen molar-refractivity contribution in [1.82, 2.24) is 14.8 Å². The summed E-state index contributed by atoms with van der Waals surface area (Å²) >= 11 is 0. The number of hydrogen-bond donors (Lipinski definition) is 1. The number of nitrogens with zero attached hydrogens (tertiary/aromatic N) is 3. The molecule has 1 aromatic heterocycles. The quantitative estimate of drug-likeness (QED) is 0.832. The van der Waals surface area contributed by atoms with E-state index in [9.17, 15) is 9.18 Å². The molecule has 2 rings (SSSR count). The maximum absolute atomic E-state index is 13.4. The van der Waals surface area contributed by atoms with Gasteiger partial charge in [0.2, 0.25) is 0 Å². The van der Waals surface area contributed by atoms with Crippen LogP contribution >= 0.6 is 0 Å². The summed E-state index contributed by atoms with van der Waals surface area (Å²) in [5.74, 6) is -1.74. The van der Waals surface area contributed by atoms with Crippen molar-refractivity contribution in [3.63, 3.8) is 0 Å². The van der Waals surface area contributed by atoms with Crippen molar-refractivity contribution in [2.45, 2.75) is 6.92 Å². The molecule has 0 spiro atoms. The lowest BCUT2D eigenvalue weighted by Crippen LogP contribution is -2.04. The van der Waals surface area contributed by atoms with Crippen molar-refractivity contribution in [2.24, 2.45) is 0 Å². The van der Waals surface area contributed by atoms with Crippen LogP contribution in [-0.4, -0.2) is 25.8 Å². The van der Waals surface area contributed by atoms with Gasteiger partial charge in [-0.15, -0.1) is 5.10 Å². The first-order chi connectivity index (χ1) is 7.59. The van der Waals surface area contributed by atoms with Gasteiger partial charge in [0.25, 0.3) is 5.82 Å². The molecule has 0 aliphatic heterocycles. The van der Waals surface area contributed by atoms with E-state index in [-0.39, 0.29) is 11.5 Å². The van der Waals surface area contributed by atoms with Crippen molar-refractivity contribution in [3.05, 3.63) is 41.7 Å². The normalized spacial score (nSPS) is 10.4. The summed E-state index contributed by atoms with van der Waals surface area (Å²) in [6, 6.07) is 5.96. The Morgan fingerprint density at radius 3 is 2.69 bits per heavy atom. The topological polar surface area (TPSA) is 68.0 Å². The number of rotatable bonds is 2. The molecule has 16 heavy (non-hydrogen) atoms. The molecule has 0 saturated heterocycles. The Hall–Kier alpha value is -2.24. The molecule has 0 aliphatic carbocycles. The Bertz CT molecular complexity index is 551. The highest BCUT2D eigenvalue weighted by molar-refractivity contribution is 5.83. The van der Waals surface area contributed by atoms with E-state index >= 15 is 0 Å². The first-order valence-corrected chi connectivity index (χ1v) is 4.51. The summed E-state index contributed by atoms with van der Waals surface area (Å²) in [5.41, 5.74) is 0.181. The van der Waals surface area contributed by atoms with Crippen LogP contribution < -0.4 is 0 Å². The summed E-state index contributed by atoms with van der Waals surface area (Å²) in [6.45, 7) is 1.56. The highest BCUT2D eigenvalue weighted by Crippen LogP contribution is 2.13. The standard InChI is InChI=1S/C10H8FN3O2/c1-6-12-9(10(15)16)13-14(6)8-5-3-2-4-7(8)11/h2-5H,1H3,(H,15,16). The lowest BCUT2D eigenvalue weighted by Gasteiger charge is -2.02. The largest absolute Gasteiger partial charge is 0.475 e. The van der Waals surface area contributed by atoms with Crippen LogP contribution in [0, 0.1) is 12.7 Å². The molecule has 5 nitrogen and oxygen atoms in total. The number of halogens is 1. The Kier molecular flexibility index (Phi) is 2.40. The van der Waals surface area contributed by atoms with Gasteiger partial charge in [0.1, 0.15) is 17.3 Å². The minimum Gasteiger partial charge on any atom is -0.475 e. The SMILES string of the molecule is Cc1nc(C(=O)O)nn1-c1ccccc1F. The smallest absolute Gasteiger partial charge is 0.375 e. The van der Waals surface area contributed by atoms with E-state index in [2.05, 4.69) is 10.1 Å². The molecule has 1 aromatic carbocycles. The summed E-state index contributed by atoms with van der Waals surface area (Å²) < 4.78 is 14.6. The molecule has 0 saturated carbocycles. The lowest BCUT2D eigenvalue weighted by molar-refractivity contribution is 0.0683. The van der Waals surface area contributed by atoms with E-state index in [0.29, 0.717) is 5.82 Å². The zero-order valence-electron chi connectivity index (χ0n) is 8.38. The average Bonchev–Trinajstić information content (AvgIpc) is 2.61. The van der Waals surface area contributed by atoms with Crippen molar-refractivity contribution in [2.75, 3.05) is 0 Å². The summed E-state index contributed by atoms with van der Waals surface area (Å²) in [6.07, 6.45) is 0. The van der Waals surface area contributed by atoms with Gasteiger partial charge in [-0.1, -0.05) is 12.1 Å². The molecule has 6 heteroatoms. The van der Waals surface area contributed by atoms with Gasteiger partial charge in [0.05, 0.1) is 0 Å². The van der Waals surface area contributed by atoms with Gasteiger partial charge in [0.15, 0.2) is 0 Å². The second-order valence-electron chi connectivity index (χ2n) is 3.15. The molecule has 0 fully saturated rings. The molecule has 1 N–H and O–H groups in total. The molecule has 0 radical (unpaired) electrons. The fourth-order valence-corrected chi connectivity index (χ4v) is 1.33. The number of carboxylic acid groups (broad SMARTS) is 1. The predicted octanol–water partition coefficient (Wildman–Crippen LogP) is 1.41. The molecule has 1 heterocycles. The molecule has 0 atom stereocenters. The first kappa shape index (κ1) is 10.3. The zero-order chi connectivity index (χ0) is 11.7. The number of para-hydroxylation sites is 1. The number of aromatic nitrogens is 3. The van der Waals surface area contributed by atoms with Crippen LogP contribution in [0.15, 0.2) is 24.3 Å². The molecule has 2 aromatic rings. The minimum atomic E-state index is -1.24. The fourth-order valence-electron chi connectivity index (χ4n) is 1.33. The third-order valence-corrected chi connectivity index (χ3v) is 2.04. The van der Waals surface area contributed by atoms with E-state index in [0.717, 1.165) is 0 Å². The van der Waals surface area contributed by atoms with E-state index < -0.39 is 11.8 Å². The van der Waals surface area contributed by atoms with Crippen LogP contribution in [0.2, 0.25) is 0 Å².